The standard InChI is InChI=1S/C18H20ClNO/c1-12-9-15(21-2)7-8-18(12)20-14-10-13(11-14)16-5-3-4-6-17(16)19/h3-9,13-14,20H,10-11H2,1-2H3. The maximum absolute atomic E-state index is 6.26. The highest BCUT2D eigenvalue weighted by Gasteiger charge is 2.31. The molecule has 0 amide bonds. The summed E-state index contributed by atoms with van der Waals surface area (Å²) in [5.41, 5.74) is 3.69. The number of ether oxygens (including phenoxy) is 1. The van der Waals surface area contributed by atoms with Crippen LogP contribution >= 0.6 is 11.6 Å². The van der Waals surface area contributed by atoms with Crippen molar-refractivity contribution in [3.05, 3.63) is 58.6 Å². The third kappa shape index (κ3) is 3.01. The van der Waals surface area contributed by atoms with Gasteiger partial charge in [0.2, 0.25) is 0 Å². The minimum absolute atomic E-state index is 0.526. The van der Waals surface area contributed by atoms with E-state index in [1.807, 2.05) is 18.2 Å². The maximum Gasteiger partial charge on any atom is 0.119 e. The zero-order valence-electron chi connectivity index (χ0n) is 12.4. The van der Waals surface area contributed by atoms with Crippen molar-refractivity contribution in [2.24, 2.45) is 0 Å². The third-order valence-corrected chi connectivity index (χ3v) is 4.62. The average molecular weight is 302 g/mol. The van der Waals surface area contributed by atoms with Crippen molar-refractivity contribution in [3.8, 4) is 5.75 Å². The monoisotopic (exact) mass is 301 g/mol. The van der Waals surface area contributed by atoms with Crippen LogP contribution in [0.2, 0.25) is 5.02 Å². The summed E-state index contributed by atoms with van der Waals surface area (Å²) in [6.45, 7) is 2.11. The first kappa shape index (κ1) is 14.3. The molecule has 3 heteroatoms. The lowest BCUT2D eigenvalue weighted by Gasteiger charge is -2.37. The summed E-state index contributed by atoms with van der Waals surface area (Å²) in [5.74, 6) is 1.48. The number of methoxy groups -OCH3 is 1. The van der Waals surface area contributed by atoms with E-state index in [4.69, 9.17) is 16.3 Å². The van der Waals surface area contributed by atoms with Gasteiger partial charge in [0.1, 0.15) is 5.75 Å². The van der Waals surface area contributed by atoms with Crippen LogP contribution in [0.3, 0.4) is 0 Å². The van der Waals surface area contributed by atoms with E-state index in [0.29, 0.717) is 12.0 Å². The van der Waals surface area contributed by atoms with Gasteiger partial charge in [0.15, 0.2) is 0 Å². The first-order valence-electron chi connectivity index (χ1n) is 7.33. The predicted octanol–water partition coefficient (Wildman–Crippen LogP) is 5.02. The van der Waals surface area contributed by atoms with Crippen molar-refractivity contribution in [2.45, 2.75) is 31.7 Å². The SMILES string of the molecule is COc1ccc(NC2CC(c3ccccc3Cl)C2)c(C)c1. The fourth-order valence-electron chi connectivity index (χ4n) is 2.94. The number of hydrogen-bond acceptors (Lipinski definition) is 2. The number of anilines is 1. The molecule has 2 aromatic carbocycles. The molecule has 0 aliphatic heterocycles. The Bertz CT molecular complexity index is 635. The van der Waals surface area contributed by atoms with Gasteiger partial charge < -0.3 is 10.1 Å². The molecule has 0 radical (unpaired) electrons. The zero-order valence-corrected chi connectivity index (χ0v) is 13.2. The van der Waals surface area contributed by atoms with Gasteiger partial charge in [-0.05, 0) is 61.1 Å². The van der Waals surface area contributed by atoms with Crippen LogP contribution in [0, 0.1) is 6.92 Å². The van der Waals surface area contributed by atoms with E-state index in [9.17, 15) is 0 Å². The molecule has 0 spiro atoms. The summed E-state index contributed by atoms with van der Waals surface area (Å²) >= 11 is 6.26. The van der Waals surface area contributed by atoms with Crippen LogP contribution in [0.1, 0.15) is 29.9 Å². The van der Waals surface area contributed by atoms with Gasteiger partial charge in [0, 0.05) is 16.8 Å². The molecule has 21 heavy (non-hydrogen) atoms. The van der Waals surface area contributed by atoms with Gasteiger partial charge >= 0.3 is 0 Å². The van der Waals surface area contributed by atoms with Crippen molar-refractivity contribution in [3.63, 3.8) is 0 Å². The highest BCUT2D eigenvalue weighted by Crippen LogP contribution is 2.41. The van der Waals surface area contributed by atoms with Crippen LogP contribution in [0.4, 0.5) is 5.69 Å². The summed E-state index contributed by atoms with van der Waals surface area (Å²) < 4.78 is 5.24. The molecule has 1 saturated carbocycles. The lowest BCUT2D eigenvalue weighted by Crippen LogP contribution is -2.34. The second-order valence-corrected chi connectivity index (χ2v) is 6.12. The highest BCUT2D eigenvalue weighted by atomic mass is 35.5. The van der Waals surface area contributed by atoms with Gasteiger partial charge in [-0.25, -0.2) is 0 Å². The van der Waals surface area contributed by atoms with Crippen LogP contribution in [0.25, 0.3) is 0 Å². The number of nitrogens with one attached hydrogen (secondary N) is 1. The maximum atomic E-state index is 6.26. The van der Waals surface area contributed by atoms with Crippen LogP contribution in [-0.2, 0) is 0 Å². The number of halogens is 1. The van der Waals surface area contributed by atoms with Crippen LogP contribution < -0.4 is 10.1 Å². The van der Waals surface area contributed by atoms with Gasteiger partial charge in [-0.1, -0.05) is 29.8 Å². The van der Waals surface area contributed by atoms with E-state index < -0.39 is 0 Å². The normalized spacial score (nSPS) is 20.7. The minimum Gasteiger partial charge on any atom is -0.497 e. The van der Waals surface area contributed by atoms with Crippen LogP contribution in [0.15, 0.2) is 42.5 Å². The molecule has 1 fully saturated rings. The largest absolute Gasteiger partial charge is 0.497 e. The molecule has 1 aliphatic rings. The third-order valence-electron chi connectivity index (χ3n) is 4.28. The highest BCUT2D eigenvalue weighted by molar-refractivity contribution is 6.31. The molecule has 1 N–H and O–H groups in total. The van der Waals surface area contributed by atoms with E-state index >= 15 is 0 Å². The molecule has 0 unspecified atom stereocenters. The molecule has 2 aromatic rings. The van der Waals surface area contributed by atoms with E-state index in [0.717, 1.165) is 23.6 Å². The number of hydrogen-bond donors (Lipinski definition) is 1. The number of rotatable bonds is 4. The molecule has 0 saturated heterocycles. The van der Waals surface area contributed by atoms with E-state index in [-0.39, 0.29) is 0 Å². The first-order chi connectivity index (χ1) is 10.2. The molecule has 0 atom stereocenters. The van der Waals surface area contributed by atoms with Crippen molar-refractivity contribution in [1.82, 2.24) is 0 Å². The fraction of sp³-hybridized carbons (Fsp3) is 0.333. The van der Waals surface area contributed by atoms with Crippen LogP contribution in [0.5, 0.6) is 5.75 Å². The molecule has 1 aliphatic carbocycles. The Kier molecular flexibility index (Phi) is 4.07. The lowest BCUT2D eigenvalue weighted by molar-refractivity contribution is 0.374. The Balaban J connectivity index is 1.61. The summed E-state index contributed by atoms with van der Waals surface area (Å²) in [7, 11) is 1.70. The number of benzene rings is 2. The molecule has 0 aromatic heterocycles. The lowest BCUT2D eigenvalue weighted by atomic mass is 9.75. The van der Waals surface area contributed by atoms with E-state index in [1.54, 1.807) is 7.11 Å². The van der Waals surface area contributed by atoms with Crippen molar-refractivity contribution in [1.29, 1.82) is 0 Å². The Morgan fingerprint density at radius 3 is 2.57 bits per heavy atom. The smallest absolute Gasteiger partial charge is 0.119 e. The average Bonchev–Trinajstić information content (AvgIpc) is 2.45. The Morgan fingerprint density at radius 1 is 1.14 bits per heavy atom. The van der Waals surface area contributed by atoms with E-state index in [1.165, 1.54) is 16.8 Å². The molecule has 0 heterocycles. The van der Waals surface area contributed by atoms with Crippen molar-refractivity contribution < 1.29 is 4.74 Å². The summed E-state index contributed by atoms with van der Waals surface area (Å²) in [6, 6.07) is 14.9. The molecular weight excluding hydrogens is 282 g/mol. The Hall–Kier alpha value is -1.67. The second kappa shape index (κ2) is 5.98. The molecule has 2 nitrogen and oxygen atoms in total. The molecule has 0 bridgehead atoms. The molecular formula is C18H20ClNO. The van der Waals surface area contributed by atoms with Gasteiger partial charge in [-0.15, -0.1) is 0 Å². The van der Waals surface area contributed by atoms with Crippen molar-refractivity contribution >= 4 is 17.3 Å². The minimum atomic E-state index is 0.526. The molecule has 110 valence electrons. The number of aryl methyl sites for hydroxylation is 1. The predicted molar refractivity (Wildman–Crippen MR) is 88.6 cm³/mol. The topological polar surface area (TPSA) is 21.3 Å². The summed E-state index contributed by atoms with van der Waals surface area (Å²) in [4.78, 5) is 0. The Labute approximate surface area is 131 Å². The Morgan fingerprint density at radius 2 is 1.90 bits per heavy atom. The van der Waals surface area contributed by atoms with Gasteiger partial charge in [-0.2, -0.15) is 0 Å². The van der Waals surface area contributed by atoms with Crippen molar-refractivity contribution in [2.75, 3.05) is 12.4 Å². The van der Waals surface area contributed by atoms with Gasteiger partial charge in [0.25, 0.3) is 0 Å². The van der Waals surface area contributed by atoms with Gasteiger partial charge in [-0.3, -0.25) is 0 Å². The summed E-state index contributed by atoms with van der Waals surface area (Å²) in [5, 5.41) is 4.51. The second-order valence-electron chi connectivity index (χ2n) is 5.71. The van der Waals surface area contributed by atoms with Gasteiger partial charge in [0.05, 0.1) is 7.11 Å². The fourth-order valence-corrected chi connectivity index (χ4v) is 3.23. The van der Waals surface area contributed by atoms with Crippen LogP contribution in [-0.4, -0.2) is 13.2 Å². The molecule has 3 rings (SSSR count). The zero-order chi connectivity index (χ0) is 14.8. The quantitative estimate of drug-likeness (QED) is 0.856. The first-order valence-corrected chi connectivity index (χ1v) is 7.71. The van der Waals surface area contributed by atoms with E-state index in [2.05, 4.69) is 36.5 Å². The summed E-state index contributed by atoms with van der Waals surface area (Å²) in [6.07, 6.45) is 2.27.